The second kappa shape index (κ2) is 22.5. The van der Waals surface area contributed by atoms with E-state index in [1.54, 1.807) is 31.6 Å². The van der Waals surface area contributed by atoms with Crippen LogP contribution >= 0.6 is 22.7 Å². The molecule has 0 saturated carbocycles. The molecule has 10 aromatic carbocycles. The van der Waals surface area contributed by atoms with Crippen LogP contribution in [0, 0.1) is 17.9 Å². The zero-order valence-electron chi connectivity index (χ0n) is 50.5. The highest BCUT2D eigenvalue weighted by Crippen LogP contribution is 2.42. The Hall–Kier alpha value is -12.3. The molecule has 18 rings (SSSR count). The van der Waals surface area contributed by atoms with Gasteiger partial charge in [0.05, 0.1) is 41.4 Å². The molecule has 1 radical (unpaired) electrons. The zero-order chi connectivity index (χ0) is 63.3. The molecule has 0 aliphatic carbocycles. The number of hydrogen-bond donors (Lipinski definition) is 0. The van der Waals surface area contributed by atoms with Crippen molar-refractivity contribution in [2.24, 2.45) is 9.98 Å². The van der Waals surface area contributed by atoms with Crippen LogP contribution in [-0.4, -0.2) is 23.8 Å². The number of thiophene rings is 2. The predicted octanol–water partition coefficient (Wildman–Crippen LogP) is 18.8. The lowest BCUT2D eigenvalue weighted by Gasteiger charge is -2.26. The number of aromatic nitrogens is 4. The fraction of sp³-hybridized carbons (Fsp3) is 0. The van der Waals surface area contributed by atoms with Crippen LogP contribution in [0.15, 0.2) is 300 Å². The van der Waals surface area contributed by atoms with Crippen molar-refractivity contribution < 1.29 is 13.3 Å². The van der Waals surface area contributed by atoms with Gasteiger partial charge in [0.25, 0.3) is 0 Å². The molecular weight excluding hydrogens is 1210 g/mol. The summed E-state index contributed by atoms with van der Waals surface area (Å²) in [7, 11) is 0.633. The number of anilines is 6. The molecule has 0 fully saturated rings. The quantitative estimate of drug-likeness (QED) is 0.0529. The number of allylic oxidation sites excluding steroid dienone is 1. The van der Waals surface area contributed by atoms with Crippen LogP contribution in [0.3, 0.4) is 0 Å². The standard InChI is InChI=1S/C80H48B2FN10S2/c1-85-78(58-28-42-66(43-29-58)91(65-40-26-55(27-41-65)73-17-7-47-95-73)61-32-18-51(19-33-61)59-30-44-74-86-79-67-12-2-8-56-10-4-14-70(76(56)67)92(79)81-88(74)49-59)69(48-84)53-22-36-63(37-23-53)90(64-38-24-54(25-39-64)72-16-6-46-94-72)62-34-20-52(21-35-62)60-31-45-75-87-80-68-13-3-9-57-11-5-15-71(77(57)68)93(80)82(83)89(75)50-60/h2-47,49-50H/q+2/b78-69-. The second-order valence-electron chi connectivity index (χ2n) is 23.6. The van der Waals surface area contributed by atoms with Crippen molar-refractivity contribution in [3.8, 4) is 49.2 Å². The van der Waals surface area contributed by atoms with Gasteiger partial charge in [-0.3, -0.25) is 13.3 Å². The van der Waals surface area contributed by atoms with Crippen LogP contribution in [0.2, 0.25) is 0 Å². The molecule has 16 aromatic rings. The van der Waals surface area contributed by atoms with Gasteiger partial charge in [-0.2, -0.15) is 5.26 Å². The first-order valence-corrected chi connectivity index (χ1v) is 32.9. The van der Waals surface area contributed by atoms with Gasteiger partial charge >= 0.3 is 26.4 Å². The van der Waals surface area contributed by atoms with E-state index in [2.05, 4.69) is 236 Å². The van der Waals surface area contributed by atoms with Crippen LogP contribution in [-0.2, 0) is 0 Å². The van der Waals surface area contributed by atoms with Gasteiger partial charge in [0.2, 0.25) is 16.7 Å². The number of nitriles is 1. The molecule has 0 N–H and O–H groups in total. The van der Waals surface area contributed by atoms with E-state index in [-0.39, 0.29) is 11.3 Å². The van der Waals surface area contributed by atoms with Crippen molar-refractivity contribution in [2.45, 2.75) is 0 Å². The Kier molecular flexibility index (Phi) is 13.2. The molecule has 8 heterocycles. The van der Waals surface area contributed by atoms with Crippen LogP contribution in [0.4, 0.5) is 50.1 Å². The number of benzene rings is 10. The molecule has 0 amide bonds. The van der Waals surface area contributed by atoms with E-state index in [0.29, 0.717) is 22.4 Å². The summed E-state index contributed by atoms with van der Waals surface area (Å²) >= 11 is 3.41. The molecular formula is C80H48B2FN10S2+2. The minimum absolute atomic E-state index is 0.252. The van der Waals surface area contributed by atoms with Crippen LogP contribution in [0.5, 0.6) is 0 Å². The average Bonchev–Trinajstić information content (AvgIpc) is 1.58. The van der Waals surface area contributed by atoms with Gasteiger partial charge in [0.1, 0.15) is 0 Å². The zero-order valence-corrected chi connectivity index (χ0v) is 52.2. The molecule has 0 saturated heterocycles. The largest absolute Gasteiger partial charge is 0.727 e. The lowest BCUT2D eigenvalue weighted by Crippen LogP contribution is -2.58. The molecule has 441 valence electrons. The fourth-order valence-corrected chi connectivity index (χ4v) is 15.2. The Morgan fingerprint density at radius 3 is 1.43 bits per heavy atom. The molecule has 95 heavy (non-hydrogen) atoms. The lowest BCUT2D eigenvalue weighted by molar-refractivity contribution is -0.535. The lowest BCUT2D eigenvalue weighted by atomic mass is 9.99. The minimum atomic E-state index is -1.49. The van der Waals surface area contributed by atoms with Gasteiger partial charge in [-0.1, -0.05) is 133 Å². The summed E-state index contributed by atoms with van der Waals surface area (Å²) in [6.07, 6.45) is 3.99. The summed E-state index contributed by atoms with van der Waals surface area (Å²) in [6, 6.07) is 93.5. The minimum Gasteiger partial charge on any atom is -0.311 e. The maximum Gasteiger partial charge on any atom is 0.727 e. The molecule has 2 aliphatic rings. The smallest absolute Gasteiger partial charge is 0.311 e. The van der Waals surface area contributed by atoms with E-state index < -0.39 is 7.26 Å². The monoisotopic (exact) mass is 1250 g/mol. The third kappa shape index (κ3) is 9.35. The Morgan fingerprint density at radius 2 is 0.916 bits per heavy atom. The third-order valence-corrected chi connectivity index (χ3v) is 20.1. The summed E-state index contributed by atoms with van der Waals surface area (Å²) in [5.74, 6) is 1.40. The SMILES string of the molecule is [C-]#[N+]/C(=C(/C#N)c1ccc(N(c2ccc(-c3ccc4[n+](c3)B(F)n3c(c5cccc6cccc3c65)=N4)cc2)c2ccc(-c3cccs3)cc2)cc1)c1ccc(N(c2ccc(-c3ccc4[n+](c3)[B]n3c(c5cccc6cccc3c65)=N4)cc2)c2ccc(-c3cccs3)cc2)cc1. The molecule has 6 aromatic heterocycles. The van der Waals surface area contributed by atoms with Crippen molar-refractivity contribution in [1.29, 1.82) is 5.26 Å². The van der Waals surface area contributed by atoms with E-state index in [0.717, 1.165) is 111 Å². The average molecular weight is 1250 g/mol. The summed E-state index contributed by atoms with van der Waals surface area (Å²) in [4.78, 5) is 20.9. The summed E-state index contributed by atoms with van der Waals surface area (Å²) in [5, 5.41) is 21.7. The van der Waals surface area contributed by atoms with E-state index in [9.17, 15) is 5.26 Å². The first-order valence-electron chi connectivity index (χ1n) is 31.1. The molecule has 2 aliphatic heterocycles. The molecule has 0 atom stereocenters. The maximum absolute atomic E-state index is 16.9. The molecule has 10 nitrogen and oxygen atoms in total. The van der Waals surface area contributed by atoms with Crippen molar-refractivity contribution in [2.75, 3.05) is 9.80 Å². The highest BCUT2D eigenvalue weighted by molar-refractivity contribution is 7.13. The highest BCUT2D eigenvalue weighted by atomic mass is 32.1. The fourth-order valence-electron chi connectivity index (χ4n) is 13.7. The van der Waals surface area contributed by atoms with Crippen molar-refractivity contribution in [3.63, 3.8) is 0 Å². The third-order valence-electron chi connectivity index (χ3n) is 18.3. The Bertz CT molecular complexity index is 5950. The Balaban J connectivity index is 0.646. The molecule has 0 bridgehead atoms. The number of hydrogen-bond acceptors (Lipinski definition) is 7. The van der Waals surface area contributed by atoms with Crippen molar-refractivity contribution >= 4 is 138 Å². The normalized spacial score (nSPS) is 12.4. The van der Waals surface area contributed by atoms with E-state index in [1.807, 2.05) is 91.1 Å². The first-order chi connectivity index (χ1) is 46.9. The number of pyridine rings is 2. The van der Waals surface area contributed by atoms with Gasteiger partial charge in [0, 0.05) is 88.9 Å². The first kappa shape index (κ1) is 55.6. The van der Waals surface area contributed by atoms with Gasteiger partial charge in [0.15, 0.2) is 0 Å². The van der Waals surface area contributed by atoms with Crippen molar-refractivity contribution in [1.82, 2.24) is 8.96 Å². The Morgan fingerprint density at radius 1 is 0.474 bits per heavy atom. The summed E-state index contributed by atoms with van der Waals surface area (Å²) < 4.78 is 24.5. The van der Waals surface area contributed by atoms with Gasteiger partial charge in [-0.05, 0) is 186 Å². The Labute approximate surface area is 554 Å². The molecule has 0 spiro atoms. The van der Waals surface area contributed by atoms with Crippen LogP contribution in [0.25, 0.3) is 103 Å². The molecule has 0 unspecified atom stereocenters. The van der Waals surface area contributed by atoms with Crippen LogP contribution < -0.4 is 29.7 Å². The maximum atomic E-state index is 16.9. The number of nitrogens with zero attached hydrogens (tertiary/aromatic N) is 10. The number of rotatable bonds is 12. The molecule has 15 heteroatoms. The van der Waals surface area contributed by atoms with Crippen LogP contribution in [0.1, 0.15) is 11.1 Å². The van der Waals surface area contributed by atoms with E-state index in [4.69, 9.17) is 16.6 Å². The van der Waals surface area contributed by atoms with Crippen molar-refractivity contribution in [3.05, 3.63) is 324 Å². The number of halogens is 1. The second-order valence-corrected chi connectivity index (χ2v) is 25.5. The summed E-state index contributed by atoms with van der Waals surface area (Å²) in [6.45, 7) is 8.56. The van der Waals surface area contributed by atoms with E-state index >= 15 is 4.32 Å². The summed E-state index contributed by atoms with van der Waals surface area (Å²) in [5.41, 5.74) is 16.9. The van der Waals surface area contributed by atoms with Gasteiger partial charge in [-0.15, -0.1) is 22.7 Å². The predicted molar refractivity (Wildman–Crippen MR) is 385 cm³/mol. The van der Waals surface area contributed by atoms with Gasteiger partial charge < -0.3 is 14.3 Å². The van der Waals surface area contributed by atoms with Gasteiger partial charge in [-0.25, -0.2) is 9.32 Å². The number of fused-ring (bicyclic) bond motifs is 8. The highest BCUT2D eigenvalue weighted by Gasteiger charge is 2.40. The van der Waals surface area contributed by atoms with E-state index in [1.165, 1.54) is 20.5 Å². The topological polar surface area (TPSA) is 77.0 Å².